The highest BCUT2D eigenvalue weighted by molar-refractivity contribution is 5.89. The van der Waals surface area contributed by atoms with Crippen LogP contribution in [0.4, 0.5) is 13.2 Å². The molecule has 2 fully saturated rings. The summed E-state index contributed by atoms with van der Waals surface area (Å²) in [6, 6.07) is 6.56. The fourth-order valence-corrected chi connectivity index (χ4v) is 4.26. The van der Waals surface area contributed by atoms with Crippen LogP contribution in [0.5, 0.6) is 5.75 Å². The van der Waals surface area contributed by atoms with Crippen molar-refractivity contribution in [3.63, 3.8) is 0 Å². The van der Waals surface area contributed by atoms with Crippen LogP contribution in [-0.2, 0) is 4.74 Å². The van der Waals surface area contributed by atoms with Crippen LogP contribution in [0.15, 0.2) is 24.3 Å². The number of alkyl halides is 3. The van der Waals surface area contributed by atoms with Crippen LogP contribution in [-0.4, -0.2) is 61.1 Å². The summed E-state index contributed by atoms with van der Waals surface area (Å²) in [5, 5.41) is 10.5. The van der Waals surface area contributed by atoms with E-state index in [0.717, 1.165) is 13.1 Å². The molecule has 3 rings (SSSR count). The van der Waals surface area contributed by atoms with Crippen LogP contribution in [0.3, 0.4) is 0 Å². The topological polar surface area (TPSA) is 59.0 Å². The Kier molecular flexibility index (Phi) is 6.50. The minimum absolute atomic E-state index is 0.109. The van der Waals surface area contributed by atoms with E-state index < -0.39 is 24.7 Å². The molecule has 4 atom stereocenters. The fourth-order valence-electron chi connectivity index (χ4n) is 4.26. The summed E-state index contributed by atoms with van der Waals surface area (Å²) in [5.74, 6) is 0.745. The number of rotatable bonds is 6. The number of hydrogen-bond acceptors (Lipinski definition) is 5. The smallest absolute Gasteiger partial charge is 0.389 e. The summed E-state index contributed by atoms with van der Waals surface area (Å²) in [6.07, 6.45) is -4.47. The Morgan fingerprint density at radius 1 is 1.18 bits per heavy atom. The number of methoxy groups -OCH3 is 1. The van der Waals surface area contributed by atoms with Gasteiger partial charge in [-0.05, 0) is 61.9 Å². The summed E-state index contributed by atoms with van der Waals surface area (Å²) in [4.78, 5) is 13.6. The lowest BCUT2D eigenvalue weighted by Crippen LogP contribution is -2.42. The third-order valence-corrected chi connectivity index (χ3v) is 5.66. The minimum atomic E-state index is -4.11. The number of ether oxygens (including phenoxy) is 2. The van der Waals surface area contributed by atoms with Crippen LogP contribution >= 0.6 is 0 Å². The number of likely N-dealkylation sites (tertiary alicyclic amines) is 1. The van der Waals surface area contributed by atoms with Crippen LogP contribution in [0.2, 0.25) is 0 Å². The van der Waals surface area contributed by atoms with Crippen molar-refractivity contribution in [1.82, 2.24) is 4.90 Å². The molecule has 0 unspecified atom stereocenters. The van der Waals surface area contributed by atoms with E-state index in [9.17, 15) is 23.1 Å². The van der Waals surface area contributed by atoms with Gasteiger partial charge in [-0.3, -0.25) is 0 Å². The molecule has 1 N–H and O–H groups in total. The van der Waals surface area contributed by atoms with Crippen molar-refractivity contribution >= 4 is 5.97 Å². The molecule has 1 saturated heterocycles. The highest BCUT2D eigenvalue weighted by Crippen LogP contribution is 2.38. The van der Waals surface area contributed by atoms with Gasteiger partial charge in [-0.2, -0.15) is 13.2 Å². The molecule has 0 spiro atoms. The highest BCUT2D eigenvalue weighted by Gasteiger charge is 2.42. The number of carbonyl (C=O) groups excluding carboxylic acids is 1. The number of fused-ring (bicyclic) bond motifs is 1. The SMILES string of the molecule is COC(=O)c1ccc(O[C@H]2C[C@@H]3CN(CCCC(F)(F)F)C[C@@H]3C[C@@H]2O)cc1. The van der Waals surface area contributed by atoms with Crippen molar-refractivity contribution in [2.24, 2.45) is 11.8 Å². The Morgan fingerprint density at radius 3 is 2.43 bits per heavy atom. The maximum absolute atomic E-state index is 12.3. The quantitative estimate of drug-likeness (QED) is 0.742. The molecule has 1 aliphatic heterocycles. The second-order valence-corrected chi connectivity index (χ2v) is 7.71. The van der Waals surface area contributed by atoms with Crippen LogP contribution in [0.25, 0.3) is 0 Å². The van der Waals surface area contributed by atoms with E-state index in [4.69, 9.17) is 4.74 Å². The number of benzene rings is 1. The summed E-state index contributed by atoms with van der Waals surface area (Å²) < 4.78 is 47.6. The molecule has 28 heavy (non-hydrogen) atoms. The number of aliphatic hydroxyl groups is 1. The third kappa shape index (κ3) is 5.38. The summed E-state index contributed by atoms with van der Waals surface area (Å²) in [7, 11) is 1.32. The Labute approximate surface area is 162 Å². The maximum atomic E-state index is 12.3. The zero-order valence-electron chi connectivity index (χ0n) is 15.8. The van der Waals surface area contributed by atoms with Crippen LogP contribution < -0.4 is 4.74 Å². The van der Waals surface area contributed by atoms with Gasteiger partial charge in [0.25, 0.3) is 0 Å². The van der Waals surface area contributed by atoms with Gasteiger partial charge in [0, 0.05) is 19.5 Å². The number of hydrogen-bond donors (Lipinski definition) is 1. The molecule has 1 saturated carbocycles. The van der Waals surface area contributed by atoms with Crippen molar-refractivity contribution in [3.8, 4) is 5.75 Å². The second-order valence-electron chi connectivity index (χ2n) is 7.71. The molecular formula is C20H26F3NO4. The normalized spacial score (nSPS) is 28.0. The molecule has 0 amide bonds. The Balaban J connectivity index is 1.52. The summed E-state index contributed by atoms with van der Waals surface area (Å²) >= 11 is 0. The summed E-state index contributed by atoms with van der Waals surface area (Å²) in [6.45, 7) is 1.92. The van der Waals surface area contributed by atoms with Crippen LogP contribution in [0, 0.1) is 11.8 Å². The lowest BCUT2D eigenvalue weighted by molar-refractivity contribution is -0.136. The van der Waals surface area contributed by atoms with Gasteiger partial charge >= 0.3 is 12.1 Å². The average molecular weight is 401 g/mol. The van der Waals surface area contributed by atoms with E-state index in [1.807, 2.05) is 0 Å². The summed E-state index contributed by atoms with van der Waals surface area (Å²) in [5.41, 5.74) is 0.421. The monoisotopic (exact) mass is 401 g/mol. The first-order valence-corrected chi connectivity index (χ1v) is 9.57. The lowest BCUT2D eigenvalue weighted by Gasteiger charge is -2.35. The van der Waals surface area contributed by atoms with Crippen molar-refractivity contribution in [2.45, 2.75) is 44.1 Å². The number of halogens is 3. The minimum Gasteiger partial charge on any atom is -0.488 e. The molecule has 1 aromatic rings. The van der Waals surface area contributed by atoms with Crippen molar-refractivity contribution in [1.29, 1.82) is 0 Å². The predicted octanol–water partition coefficient (Wildman–Crippen LogP) is 3.27. The average Bonchev–Trinajstić information content (AvgIpc) is 3.02. The lowest BCUT2D eigenvalue weighted by atomic mass is 9.78. The molecule has 0 aromatic heterocycles. The van der Waals surface area contributed by atoms with Gasteiger partial charge in [-0.15, -0.1) is 0 Å². The van der Waals surface area contributed by atoms with Gasteiger partial charge in [0.05, 0.1) is 18.8 Å². The van der Waals surface area contributed by atoms with E-state index in [1.54, 1.807) is 24.3 Å². The largest absolute Gasteiger partial charge is 0.488 e. The molecule has 1 aliphatic carbocycles. The van der Waals surface area contributed by atoms with E-state index in [1.165, 1.54) is 7.11 Å². The maximum Gasteiger partial charge on any atom is 0.389 e. The Hall–Kier alpha value is -1.80. The molecule has 1 aromatic carbocycles. The van der Waals surface area contributed by atoms with Gasteiger partial charge in [0.15, 0.2) is 0 Å². The van der Waals surface area contributed by atoms with E-state index in [-0.39, 0.29) is 12.5 Å². The number of nitrogens with zero attached hydrogens (tertiary/aromatic N) is 1. The van der Waals surface area contributed by atoms with Gasteiger partial charge in [-0.1, -0.05) is 0 Å². The molecule has 5 nitrogen and oxygen atoms in total. The molecule has 8 heteroatoms. The molecule has 2 aliphatic rings. The predicted molar refractivity (Wildman–Crippen MR) is 96.1 cm³/mol. The van der Waals surface area contributed by atoms with Crippen LogP contribution in [0.1, 0.15) is 36.0 Å². The first-order valence-electron chi connectivity index (χ1n) is 9.57. The zero-order chi connectivity index (χ0) is 20.3. The van der Waals surface area contributed by atoms with Crippen molar-refractivity contribution in [3.05, 3.63) is 29.8 Å². The van der Waals surface area contributed by atoms with Crippen molar-refractivity contribution < 1.29 is 32.5 Å². The van der Waals surface area contributed by atoms with E-state index in [0.29, 0.717) is 42.5 Å². The Morgan fingerprint density at radius 2 is 1.82 bits per heavy atom. The van der Waals surface area contributed by atoms with E-state index in [2.05, 4.69) is 9.64 Å². The molecule has 0 bridgehead atoms. The van der Waals surface area contributed by atoms with Gasteiger partial charge in [-0.25, -0.2) is 4.79 Å². The molecular weight excluding hydrogens is 375 g/mol. The van der Waals surface area contributed by atoms with Crippen molar-refractivity contribution in [2.75, 3.05) is 26.7 Å². The standard InChI is InChI=1S/C20H26F3NO4/c1-27-19(26)13-3-5-16(6-4-13)28-18-10-15-12-24(8-2-7-20(21,22)23)11-14(15)9-17(18)25/h3-6,14-15,17-18,25H,2,7-12H2,1H3/t14-,15+,17-,18-/m0/s1. The molecule has 156 valence electrons. The van der Waals surface area contributed by atoms with Gasteiger partial charge < -0.3 is 19.5 Å². The van der Waals surface area contributed by atoms with Gasteiger partial charge in [0.2, 0.25) is 0 Å². The number of esters is 1. The Bertz CT molecular complexity index is 664. The van der Waals surface area contributed by atoms with Gasteiger partial charge in [0.1, 0.15) is 11.9 Å². The van der Waals surface area contributed by atoms with E-state index >= 15 is 0 Å². The molecule has 1 heterocycles. The highest BCUT2D eigenvalue weighted by atomic mass is 19.4. The first-order chi connectivity index (χ1) is 13.2. The fraction of sp³-hybridized carbons (Fsp3) is 0.650. The zero-order valence-corrected chi connectivity index (χ0v) is 15.8. The number of carbonyl (C=O) groups is 1. The first kappa shape index (κ1) is 20.9. The third-order valence-electron chi connectivity index (χ3n) is 5.66. The second kappa shape index (κ2) is 8.69. The number of aliphatic hydroxyl groups excluding tert-OH is 1. The molecule has 0 radical (unpaired) electrons.